The van der Waals surface area contributed by atoms with Crippen LogP contribution in [-0.4, -0.2) is 41.6 Å². The first-order valence-corrected chi connectivity index (χ1v) is 7.49. The average molecular weight is 286 g/mol. The van der Waals surface area contributed by atoms with Crippen molar-refractivity contribution in [3.05, 3.63) is 0 Å². The van der Waals surface area contributed by atoms with Crippen LogP contribution in [0.25, 0.3) is 0 Å². The van der Waals surface area contributed by atoms with Gasteiger partial charge in [-0.15, -0.1) is 0 Å². The number of amides is 2. The smallest absolute Gasteiger partial charge is 0.317 e. The van der Waals surface area contributed by atoms with Crippen LogP contribution in [0, 0.1) is 17.8 Å². The summed E-state index contributed by atoms with van der Waals surface area (Å²) in [5, 5.41) is 11.7. The van der Waals surface area contributed by atoms with Gasteiger partial charge in [0.25, 0.3) is 0 Å². The highest BCUT2D eigenvalue weighted by atomic mass is 16.4. The quantitative estimate of drug-likeness (QED) is 0.640. The van der Waals surface area contributed by atoms with E-state index in [1.807, 2.05) is 4.90 Å². The number of hydrogen-bond donors (Lipinski definition) is 2. The van der Waals surface area contributed by atoms with Crippen molar-refractivity contribution in [1.29, 1.82) is 0 Å². The molecule has 0 radical (unpaired) electrons. The Morgan fingerprint density at radius 2 is 1.55 bits per heavy atom. The predicted molar refractivity (Wildman–Crippen MR) is 80.7 cm³/mol. The van der Waals surface area contributed by atoms with E-state index in [-0.39, 0.29) is 11.9 Å². The molecule has 0 aromatic rings. The van der Waals surface area contributed by atoms with Gasteiger partial charge in [-0.1, -0.05) is 34.6 Å². The third-order valence-corrected chi connectivity index (χ3v) is 2.97. The van der Waals surface area contributed by atoms with Crippen LogP contribution in [0.4, 0.5) is 4.79 Å². The maximum absolute atomic E-state index is 12.1. The standard InChI is InChI=1S/C15H30N2O3/c1-11(2)9-17(10-12(3)4)15(20)16-8-6-7-13(5)14(18)19/h11-13H,6-10H2,1-5H3,(H,16,20)(H,18,19). The minimum Gasteiger partial charge on any atom is -0.481 e. The lowest BCUT2D eigenvalue weighted by molar-refractivity contribution is -0.141. The normalized spacial score (nSPS) is 12.6. The van der Waals surface area contributed by atoms with Crippen LogP contribution < -0.4 is 5.32 Å². The predicted octanol–water partition coefficient (Wildman–Crippen LogP) is 2.81. The first kappa shape index (κ1) is 18.7. The summed E-state index contributed by atoms with van der Waals surface area (Å²) in [6.07, 6.45) is 1.28. The van der Waals surface area contributed by atoms with E-state index >= 15 is 0 Å². The van der Waals surface area contributed by atoms with E-state index in [2.05, 4.69) is 33.0 Å². The Hall–Kier alpha value is -1.26. The van der Waals surface area contributed by atoms with E-state index in [1.54, 1.807) is 6.92 Å². The number of carboxylic acids is 1. The van der Waals surface area contributed by atoms with Crippen molar-refractivity contribution >= 4 is 12.0 Å². The molecule has 0 saturated carbocycles. The number of urea groups is 1. The number of nitrogens with zero attached hydrogens (tertiary/aromatic N) is 1. The van der Waals surface area contributed by atoms with Gasteiger partial charge in [-0.25, -0.2) is 4.79 Å². The van der Waals surface area contributed by atoms with Crippen LogP contribution in [-0.2, 0) is 4.79 Å². The summed E-state index contributed by atoms with van der Waals surface area (Å²) in [5.74, 6) is -0.259. The molecule has 2 N–H and O–H groups in total. The Balaban J connectivity index is 4.09. The van der Waals surface area contributed by atoms with Crippen LogP contribution in [0.15, 0.2) is 0 Å². The molecule has 0 aliphatic heterocycles. The van der Waals surface area contributed by atoms with Gasteiger partial charge in [0.05, 0.1) is 5.92 Å². The largest absolute Gasteiger partial charge is 0.481 e. The molecule has 1 unspecified atom stereocenters. The van der Waals surface area contributed by atoms with Gasteiger partial charge in [0.15, 0.2) is 0 Å². The zero-order chi connectivity index (χ0) is 15.7. The van der Waals surface area contributed by atoms with Crippen LogP contribution >= 0.6 is 0 Å². The van der Waals surface area contributed by atoms with Crippen molar-refractivity contribution in [1.82, 2.24) is 10.2 Å². The van der Waals surface area contributed by atoms with Crippen LogP contribution in [0.2, 0.25) is 0 Å². The van der Waals surface area contributed by atoms with Gasteiger partial charge in [0.2, 0.25) is 0 Å². The molecule has 0 aliphatic rings. The fourth-order valence-corrected chi connectivity index (χ4v) is 1.96. The van der Waals surface area contributed by atoms with Gasteiger partial charge >= 0.3 is 12.0 Å². The van der Waals surface area contributed by atoms with Crippen LogP contribution in [0.5, 0.6) is 0 Å². The van der Waals surface area contributed by atoms with Crippen molar-refractivity contribution in [2.45, 2.75) is 47.5 Å². The fourth-order valence-electron chi connectivity index (χ4n) is 1.96. The van der Waals surface area contributed by atoms with Gasteiger partial charge in [0, 0.05) is 19.6 Å². The highest BCUT2D eigenvalue weighted by Gasteiger charge is 2.16. The van der Waals surface area contributed by atoms with E-state index in [1.165, 1.54) is 0 Å². The second kappa shape index (κ2) is 9.61. The molecule has 1 atom stereocenters. The van der Waals surface area contributed by atoms with Gasteiger partial charge < -0.3 is 15.3 Å². The molecule has 0 aromatic carbocycles. The molecule has 5 nitrogen and oxygen atoms in total. The molecule has 0 bridgehead atoms. The molecule has 0 rings (SSSR count). The van der Waals surface area contributed by atoms with E-state index in [0.717, 1.165) is 13.1 Å². The lowest BCUT2D eigenvalue weighted by Gasteiger charge is -2.26. The van der Waals surface area contributed by atoms with Crippen molar-refractivity contribution in [2.24, 2.45) is 17.8 Å². The Bertz CT molecular complexity index is 293. The van der Waals surface area contributed by atoms with Gasteiger partial charge in [-0.3, -0.25) is 4.79 Å². The summed E-state index contributed by atoms with van der Waals surface area (Å²) in [7, 11) is 0. The van der Waals surface area contributed by atoms with E-state index in [0.29, 0.717) is 31.2 Å². The summed E-state index contributed by atoms with van der Waals surface area (Å²) >= 11 is 0. The first-order valence-electron chi connectivity index (χ1n) is 7.49. The molecule has 0 aromatic heterocycles. The lowest BCUT2D eigenvalue weighted by atomic mass is 10.1. The molecule has 2 amide bonds. The first-order chi connectivity index (χ1) is 9.23. The summed E-state index contributed by atoms with van der Waals surface area (Å²) < 4.78 is 0. The molecule has 118 valence electrons. The molecule has 5 heteroatoms. The average Bonchev–Trinajstić information content (AvgIpc) is 2.31. The SMILES string of the molecule is CC(C)CN(CC(C)C)C(=O)NCCCC(C)C(=O)O. The Labute approximate surface area is 122 Å². The number of carbonyl (C=O) groups is 2. The number of carboxylic acid groups (broad SMARTS) is 1. The van der Waals surface area contributed by atoms with Gasteiger partial charge in [-0.05, 0) is 24.7 Å². The molecule has 0 fully saturated rings. The minimum absolute atomic E-state index is 0.0459. The van der Waals surface area contributed by atoms with Crippen LogP contribution in [0.3, 0.4) is 0 Å². The molecular weight excluding hydrogens is 256 g/mol. The molecule has 0 heterocycles. The highest BCUT2D eigenvalue weighted by Crippen LogP contribution is 2.06. The number of aliphatic carboxylic acids is 1. The maximum Gasteiger partial charge on any atom is 0.317 e. The van der Waals surface area contributed by atoms with Gasteiger partial charge in [-0.2, -0.15) is 0 Å². The molecule has 0 spiro atoms. The zero-order valence-electron chi connectivity index (χ0n) is 13.5. The van der Waals surface area contributed by atoms with Crippen molar-refractivity contribution in [3.8, 4) is 0 Å². The second-order valence-corrected chi connectivity index (χ2v) is 6.31. The Kier molecular flexibility index (Phi) is 9.01. The topological polar surface area (TPSA) is 69.6 Å². The molecular formula is C15H30N2O3. The third kappa shape index (κ3) is 8.77. The van der Waals surface area contributed by atoms with Crippen LogP contribution in [0.1, 0.15) is 47.5 Å². The Morgan fingerprint density at radius 1 is 1.05 bits per heavy atom. The lowest BCUT2D eigenvalue weighted by Crippen LogP contribution is -2.44. The fraction of sp³-hybridized carbons (Fsp3) is 0.867. The second-order valence-electron chi connectivity index (χ2n) is 6.31. The van der Waals surface area contributed by atoms with Crippen molar-refractivity contribution in [3.63, 3.8) is 0 Å². The number of hydrogen-bond acceptors (Lipinski definition) is 2. The minimum atomic E-state index is -0.780. The summed E-state index contributed by atoms with van der Waals surface area (Å²) in [6, 6.07) is -0.0459. The summed E-state index contributed by atoms with van der Waals surface area (Å²) in [4.78, 5) is 24.6. The van der Waals surface area contributed by atoms with E-state index in [9.17, 15) is 9.59 Å². The summed E-state index contributed by atoms with van der Waals surface area (Å²) in [5.41, 5.74) is 0. The summed E-state index contributed by atoms with van der Waals surface area (Å²) in [6.45, 7) is 12.1. The van der Waals surface area contributed by atoms with Crippen molar-refractivity contribution in [2.75, 3.05) is 19.6 Å². The van der Waals surface area contributed by atoms with Gasteiger partial charge in [0.1, 0.15) is 0 Å². The highest BCUT2D eigenvalue weighted by molar-refractivity contribution is 5.74. The number of nitrogens with one attached hydrogen (secondary N) is 1. The number of carbonyl (C=O) groups excluding carboxylic acids is 1. The van der Waals surface area contributed by atoms with E-state index in [4.69, 9.17) is 5.11 Å². The monoisotopic (exact) mass is 286 g/mol. The molecule has 0 aliphatic carbocycles. The Morgan fingerprint density at radius 3 is 1.95 bits per heavy atom. The molecule has 0 saturated heterocycles. The van der Waals surface area contributed by atoms with E-state index < -0.39 is 5.97 Å². The van der Waals surface area contributed by atoms with Crippen molar-refractivity contribution < 1.29 is 14.7 Å². The maximum atomic E-state index is 12.1. The third-order valence-electron chi connectivity index (χ3n) is 2.97. The number of rotatable bonds is 9. The molecule has 20 heavy (non-hydrogen) atoms. The zero-order valence-corrected chi connectivity index (χ0v) is 13.5.